The highest BCUT2D eigenvalue weighted by Gasteiger charge is 2.40. The summed E-state index contributed by atoms with van der Waals surface area (Å²) in [6.45, 7) is 3.79. The number of hydrogen-bond acceptors (Lipinski definition) is 7. The van der Waals surface area contributed by atoms with Crippen LogP contribution in [0.3, 0.4) is 0 Å². The van der Waals surface area contributed by atoms with Crippen LogP contribution in [0.1, 0.15) is 25.2 Å². The van der Waals surface area contributed by atoms with Gasteiger partial charge < -0.3 is 19.1 Å². The van der Waals surface area contributed by atoms with Crippen molar-refractivity contribution in [1.29, 1.82) is 0 Å². The molecule has 2 aromatic carbocycles. The second kappa shape index (κ2) is 10.1. The lowest BCUT2D eigenvalue weighted by Gasteiger charge is -2.29. The molecule has 0 saturated heterocycles. The molecular weight excluding hydrogens is 483 g/mol. The van der Waals surface area contributed by atoms with Crippen molar-refractivity contribution in [2.75, 3.05) is 25.6 Å². The first-order valence-electron chi connectivity index (χ1n) is 8.76. The van der Waals surface area contributed by atoms with Crippen LogP contribution in [-0.4, -0.2) is 28.7 Å². The average Bonchev–Trinajstić information content (AvgIpc) is 2.66. The second-order valence-corrected chi connectivity index (χ2v) is 10.4. The summed E-state index contributed by atoms with van der Waals surface area (Å²) in [6.07, 6.45) is 0. The lowest BCUT2D eigenvalue weighted by molar-refractivity contribution is 0.213. The topological polar surface area (TPSA) is 117 Å². The molecule has 160 valence electrons. The zero-order valence-electron chi connectivity index (χ0n) is 16.3. The molecule has 3 N–H and O–H groups in total. The first-order valence-corrected chi connectivity index (χ1v) is 12.7. The number of nitrogens with one attached hydrogen (secondary N) is 1. The van der Waals surface area contributed by atoms with Crippen molar-refractivity contribution >= 4 is 39.2 Å². The van der Waals surface area contributed by atoms with Crippen molar-refractivity contribution < 1.29 is 26.8 Å². The maximum Gasteiger partial charge on any atom is 0.357 e. The molecule has 2 aromatic rings. The molecule has 11 heteroatoms. The second-order valence-electron chi connectivity index (χ2n) is 5.85. The number of sulfonamides is 1. The molecular formula is C18H24BrN2O6PS. The van der Waals surface area contributed by atoms with Crippen LogP contribution < -0.4 is 15.2 Å². The van der Waals surface area contributed by atoms with Gasteiger partial charge in [0.15, 0.2) is 5.78 Å². The highest BCUT2D eigenvalue weighted by atomic mass is 79.9. The lowest BCUT2D eigenvalue weighted by atomic mass is 10.2. The van der Waals surface area contributed by atoms with Gasteiger partial charge in [-0.1, -0.05) is 22.0 Å². The number of rotatable bonds is 10. The number of ether oxygens (including phenoxy) is 1. The normalized spacial score (nSPS) is 13.1. The first-order chi connectivity index (χ1) is 13.7. The van der Waals surface area contributed by atoms with E-state index >= 15 is 0 Å². The zero-order valence-corrected chi connectivity index (χ0v) is 19.6. The Morgan fingerprint density at radius 2 is 1.69 bits per heavy atom. The van der Waals surface area contributed by atoms with Crippen molar-refractivity contribution in [1.82, 2.24) is 0 Å². The summed E-state index contributed by atoms with van der Waals surface area (Å²) in [6, 6.07) is 11.1. The van der Waals surface area contributed by atoms with E-state index in [9.17, 15) is 13.0 Å². The molecule has 0 heterocycles. The summed E-state index contributed by atoms with van der Waals surface area (Å²) in [5.74, 6) is -0.439. The van der Waals surface area contributed by atoms with E-state index in [0.717, 1.165) is 0 Å². The fourth-order valence-corrected chi connectivity index (χ4v) is 5.97. The number of nitrogens with two attached hydrogens (primary N) is 1. The number of primary sulfonamides is 1. The van der Waals surface area contributed by atoms with E-state index in [1.807, 2.05) is 0 Å². The van der Waals surface area contributed by atoms with Crippen LogP contribution in [0.5, 0.6) is 5.75 Å². The molecule has 0 radical (unpaired) electrons. The lowest BCUT2D eigenvalue weighted by Crippen LogP contribution is -2.17. The highest BCUT2D eigenvalue weighted by Crippen LogP contribution is 2.63. The third-order valence-corrected chi connectivity index (χ3v) is 7.80. The number of anilines is 1. The van der Waals surface area contributed by atoms with E-state index in [-0.39, 0.29) is 18.1 Å². The Morgan fingerprint density at radius 3 is 2.17 bits per heavy atom. The fourth-order valence-electron chi connectivity index (χ4n) is 2.71. The fraction of sp³-hybridized carbons (Fsp3) is 0.333. The van der Waals surface area contributed by atoms with Gasteiger partial charge in [0.25, 0.3) is 0 Å². The maximum atomic E-state index is 13.7. The highest BCUT2D eigenvalue weighted by molar-refractivity contribution is 9.10. The summed E-state index contributed by atoms with van der Waals surface area (Å²) < 4.78 is 53.9. The Labute approximate surface area is 179 Å². The molecule has 0 aliphatic heterocycles. The van der Waals surface area contributed by atoms with Crippen molar-refractivity contribution in [2.45, 2.75) is 24.5 Å². The number of hydrogen-bond donors (Lipinski definition) is 2. The molecule has 0 fully saturated rings. The third kappa shape index (κ3) is 5.81. The summed E-state index contributed by atoms with van der Waals surface area (Å²) in [5, 5.41) is 8.29. The van der Waals surface area contributed by atoms with Crippen molar-refractivity contribution in [3.63, 3.8) is 0 Å². The zero-order chi connectivity index (χ0) is 21.7. The minimum Gasteiger partial charge on any atom is -0.496 e. The molecule has 8 nitrogen and oxygen atoms in total. The van der Waals surface area contributed by atoms with E-state index in [4.69, 9.17) is 18.9 Å². The predicted octanol–water partition coefficient (Wildman–Crippen LogP) is 4.48. The molecule has 0 saturated carbocycles. The SMILES string of the molecule is CCOP(=O)(OCC)C(Nc1ccc(S(N)(=O)=O)cc1)c1c(Br)cccc1OC. The Balaban J connectivity index is 2.58. The van der Waals surface area contributed by atoms with Crippen LogP contribution in [0.25, 0.3) is 0 Å². The van der Waals surface area contributed by atoms with Crippen LogP contribution in [0, 0.1) is 0 Å². The van der Waals surface area contributed by atoms with Gasteiger partial charge in [-0.3, -0.25) is 4.57 Å². The Kier molecular flexibility index (Phi) is 8.28. The molecule has 0 bridgehead atoms. The molecule has 2 rings (SSSR count). The number of benzene rings is 2. The van der Waals surface area contributed by atoms with E-state index in [2.05, 4.69) is 21.2 Å². The van der Waals surface area contributed by atoms with E-state index in [1.165, 1.54) is 31.4 Å². The van der Waals surface area contributed by atoms with Gasteiger partial charge in [-0.25, -0.2) is 13.6 Å². The quantitative estimate of drug-likeness (QED) is 0.456. The molecule has 0 aliphatic carbocycles. The van der Waals surface area contributed by atoms with Crippen LogP contribution in [0.2, 0.25) is 0 Å². The monoisotopic (exact) mass is 506 g/mol. The maximum absolute atomic E-state index is 13.7. The van der Waals surface area contributed by atoms with Crippen LogP contribution in [-0.2, 0) is 23.6 Å². The smallest absolute Gasteiger partial charge is 0.357 e. The summed E-state index contributed by atoms with van der Waals surface area (Å²) >= 11 is 3.49. The van der Waals surface area contributed by atoms with Gasteiger partial charge in [0.1, 0.15) is 5.75 Å². The minimum atomic E-state index is -3.82. The van der Waals surface area contributed by atoms with E-state index in [0.29, 0.717) is 21.5 Å². The van der Waals surface area contributed by atoms with Gasteiger partial charge in [-0.05, 0) is 50.2 Å². The van der Waals surface area contributed by atoms with Gasteiger partial charge in [-0.15, -0.1) is 0 Å². The third-order valence-electron chi connectivity index (χ3n) is 3.93. The van der Waals surface area contributed by atoms with Crippen molar-refractivity contribution in [2.24, 2.45) is 5.14 Å². The van der Waals surface area contributed by atoms with E-state index in [1.54, 1.807) is 32.0 Å². The largest absolute Gasteiger partial charge is 0.496 e. The molecule has 29 heavy (non-hydrogen) atoms. The van der Waals surface area contributed by atoms with Crippen LogP contribution >= 0.6 is 23.5 Å². The average molecular weight is 507 g/mol. The van der Waals surface area contributed by atoms with Gasteiger partial charge in [0, 0.05) is 15.7 Å². The molecule has 1 unspecified atom stereocenters. The molecule has 0 aliphatic rings. The Bertz CT molecular complexity index is 974. The van der Waals surface area contributed by atoms with Crippen LogP contribution in [0.4, 0.5) is 5.69 Å². The van der Waals surface area contributed by atoms with Crippen LogP contribution in [0.15, 0.2) is 51.8 Å². The van der Waals surface area contributed by atoms with Gasteiger partial charge in [0.05, 0.1) is 25.2 Å². The summed E-state index contributed by atoms with van der Waals surface area (Å²) in [4.78, 5) is -0.0316. The van der Waals surface area contributed by atoms with Gasteiger partial charge in [0.2, 0.25) is 10.0 Å². The molecule has 0 aromatic heterocycles. The van der Waals surface area contributed by atoms with Crippen molar-refractivity contribution in [3.05, 3.63) is 52.5 Å². The summed E-state index contributed by atoms with van der Waals surface area (Å²) in [7, 11) is -6.01. The van der Waals surface area contributed by atoms with Crippen molar-refractivity contribution in [3.8, 4) is 5.75 Å². The molecule has 0 spiro atoms. The summed E-state index contributed by atoms with van der Waals surface area (Å²) in [5.41, 5.74) is 1.05. The van der Waals surface area contributed by atoms with Gasteiger partial charge >= 0.3 is 7.60 Å². The van der Waals surface area contributed by atoms with Gasteiger partial charge in [-0.2, -0.15) is 0 Å². The number of methoxy groups -OCH3 is 1. The van der Waals surface area contributed by atoms with E-state index < -0.39 is 23.4 Å². The Hall–Kier alpha value is -1.42. The minimum absolute atomic E-state index is 0.0316. The molecule has 1 atom stereocenters. The Morgan fingerprint density at radius 1 is 1.10 bits per heavy atom. The standard InChI is InChI=1S/C18H24BrN2O6PS/c1-4-26-28(22,27-5-2)18(17-15(19)7-6-8-16(17)25-3)21-13-9-11-14(12-10-13)29(20,23)24/h6-12,18,21H,4-5H2,1-3H3,(H2,20,23,24). The first kappa shape index (κ1) is 23.9. The molecule has 0 amide bonds. The number of halogens is 1. The predicted molar refractivity (Wildman–Crippen MR) is 116 cm³/mol.